The van der Waals surface area contributed by atoms with E-state index in [1.54, 1.807) is 19.1 Å². The highest BCUT2D eigenvalue weighted by Gasteiger charge is 2.44. The number of carbonyl (C=O) groups excluding carboxylic acids is 2. The number of nitrogens with two attached hydrogens (primary N) is 1. The minimum Gasteiger partial charge on any atom is -0.462 e. The fraction of sp³-hybridized carbons (Fsp3) is 0.400. The van der Waals surface area contributed by atoms with E-state index in [4.69, 9.17) is 15.2 Å². The van der Waals surface area contributed by atoms with Gasteiger partial charge in [-0.1, -0.05) is 26.0 Å². The largest absolute Gasteiger partial charge is 0.462 e. The van der Waals surface area contributed by atoms with Crippen LogP contribution in [0.3, 0.4) is 0 Å². The average Bonchev–Trinajstić information content (AvgIpc) is 2.53. The normalized spacial score (nSPS) is 22.0. The quantitative estimate of drug-likeness (QED) is 0.838. The van der Waals surface area contributed by atoms with Crippen molar-refractivity contribution in [1.29, 1.82) is 0 Å². The van der Waals surface area contributed by atoms with Crippen LogP contribution >= 0.6 is 0 Å². The highest BCUT2D eigenvalue weighted by molar-refractivity contribution is 6.03. The second kappa shape index (κ2) is 6.59. The summed E-state index contributed by atoms with van der Waals surface area (Å²) in [5.74, 6) is -1.45. The lowest BCUT2D eigenvalue weighted by molar-refractivity contribution is -0.139. The molecule has 1 aliphatic carbocycles. The molecule has 2 aliphatic rings. The van der Waals surface area contributed by atoms with Gasteiger partial charge in [-0.15, -0.1) is 0 Å². The van der Waals surface area contributed by atoms with Crippen molar-refractivity contribution < 1.29 is 23.5 Å². The number of halogens is 1. The standard InChI is InChI=1S/C20H22FNO4/c1-4-25-19(24)17-15(11-5-7-12(21)8-6-11)16-13(23)9-20(2,3)10-14(16)26-18(17)22/h5-8,15H,4,9-10,22H2,1-3H3. The lowest BCUT2D eigenvalue weighted by Crippen LogP contribution is -2.35. The van der Waals surface area contributed by atoms with Gasteiger partial charge in [-0.2, -0.15) is 0 Å². The summed E-state index contributed by atoms with van der Waals surface area (Å²) in [5, 5.41) is 0. The zero-order chi connectivity index (χ0) is 19.1. The molecule has 1 aromatic rings. The van der Waals surface area contributed by atoms with E-state index in [0.29, 0.717) is 29.7 Å². The summed E-state index contributed by atoms with van der Waals surface area (Å²) in [7, 11) is 0. The Morgan fingerprint density at radius 3 is 2.58 bits per heavy atom. The predicted molar refractivity (Wildman–Crippen MR) is 93.1 cm³/mol. The van der Waals surface area contributed by atoms with Crippen LogP contribution in [-0.2, 0) is 19.1 Å². The summed E-state index contributed by atoms with van der Waals surface area (Å²) in [6.07, 6.45) is 0.867. The Morgan fingerprint density at radius 2 is 1.96 bits per heavy atom. The molecule has 1 heterocycles. The summed E-state index contributed by atoms with van der Waals surface area (Å²) in [6.45, 7) is 5.81. The first-order chi connectivity index (χ1) is 12.2. The number of ketones is 1. The zero-order valence-electron chi connectivity index (χ0n) is 15.1. The van der Waals surface area contributed by atoms with Crippen LogP contribution in [0, 0.1) is 11.2 Å². The summed E-state index contributed by atoms with van der Waals surface area (Å²) in [4.78, 5) is 25.4. The maximum atomic E-state index is 13.4. The molecule has 0 bridgehead atoms. The van der Waals surface area contributed by atoms with Gasteiger partial charge in [0, 0.05) is 18.4 Å². The Labute approximate surface area is 151 Å². The molecule has 5 nitrogen and oxygen atoms in total. The molecule has 0 amide bonds. The van der Waals surface area contributed by atoms with Crippen LogP contribution in [0.25, 0.3) is 0 Å². The Hall–Kier alpha value is -2.63. The third kappa shape index (κ3) is 3.23. The molecule has 0 radical (unpaired) electrons. The fourth-order valence-corrected chi connectivity index (χ4v) is 3.58. The predicted octanol–water partition coefficient (Wildman–Crippen LogP) is 3.32. The van der Waals surface area contributed by atoms with Crippen molar-refractivity contribution >= 4 is 11.8 Å². The third-order valence-corrected chi connectivity index (χ3v) is 4.65. The number of hydrogen-bond donors (Lipinski definition) is 1. The van der Waals surface area contributed by atoms with Crippen molar-refractivity contribution in [1.82, 2.24) is 0 Å². The van der Waals surface area contributed by atoms with Gasteiger partial charge in [-0.05, 0) is 30.0 Å². The Balaban J connectivity index is 2.17. The SMILES string of the molecule is CCOC(=O)C1=C(N)OC2=C(C(=O)CC(C)(C)C2)C1c1ccc(F)cc1. The Bertz CT molecular complexity index is 821. The number of benzene rings is 1. The molecule has 0 fully saturated rings. The van der Waals surface area contributed by atoms with Gasteiger partial charge in [0.1, 0.15) is 17.1 Å². The molecule has 1 aromatic carbocycles. The number of hydrogen-bond acceptors (Lipinski definition) is 5. The molecule has 0 saturated heterocycles. The molecule has 0 spiro atoms. The smallest absolute Gasteiger partial charge is 0.340 e. The molecule has 2 N–H and O–H groups in total. The van der Waals surface area contributed by atoms with Crippen molar-refractivity contribution in [3.63, 3.8) is 0 Å². The van der Waals surface area contributed by atoms with Crippen molar-refractivity contribution in [3.05, 3.63) is 58.4 Å². The Morgan fingerprint density at radius 1 is 1.31 bits per heavy atom. The van der Waals surface area contributed by atoms with Gasteiger partial charge in [-0.3, -0.25) is 4.79 Å². The number of allylic oxidation sites excluding steroid dienone is 2. The molecule has 26 heavy (non-hydrogen) atoms. The molecular weight excluding hydrogens is 337 g/mol. The van der Waals surface area contributed by atoms with E-state index >= 15 is 0 Å². The number of esters is 1. The lowest BCUT2D eigenvalue weighted by Gasteiger charge is -2.37. The third-order valence-electron chi connectivity index (χ3n) is 4.65. The highest BCUT2D eigenvalue weighted by Crippen LogP contribution is 2.48. The minimum atomic E-state index is -0.720. The van der Waals surface area contributed by atoms with Gasteiger partial charge in [-0.25, -0.2) is 9.18 Å². The van der Waals surface area contributed by atoms with Crippen LogP contribution in [-0.4, -0.2) is 18.4 Å². The summed E-state index contributed by atoms with van der Waals surface area (Å²) >= 11 is 0. The molecule has 1 atom stereocenters. The van der Waals surface area contributed by atoms with Crippen molar-refractivity contribution in [2.24, 2.45) is 11.1 Å². The molecule has 138 valence electrons. The first-order valence-corrected chi connectivity index (χ1v) is 8.60. The maximum Gasteiger partial charge on any atom is 0.340 e. The number of ether oxygens (including phenoxy) is 2. The lowest BCUT2D eigenvalue weighted by atomic mass is 9.70. The first-order valence-electron chi connectivity index (χ1n) is 8.60. The molecule has 0 aromatic heterocycles. The van der Waals surface area contributed by atoms with E-state index in [1.807, 2.05) is 13.8 Å². The first kappa shape index (κ1) is 18.2. The molecule has 3 rings (SSSR count). The molecule has 0 saturated carbocycles. The zero-order valence-corrected chi connectivity index (χ0v) is 15.1. The number of Topliss-reactive ketones (excluding diaryl/α,β-unsaturated/α-hetero) is 1. The second-order valence-corrected chi connectivity index (χ2v) is 7.36. The van der Waals surface area contributed by atoms with Crippen LogP contribution in [0.1, 0.15) is 45.1 Å². The van der Waals surface area contributed by atoms with Crippen LogP contribution in [0.2, 0.25) is 0 Å². The molecule has 1 aliphatic heterocycles. The Kier molecular flexibility index (Phi) is 4.61. The van der Waals surface area contributed by atoms with Gasteiger partial charge >= 0.3 is 5.97 Å². The van der Waals surface area contributed by atoms with E-state index < -0.39 is 17.7 Å². The number of carbonyl (C=O) groups is 2. The van der Waals surface area contributed by atoms with Gasteiger partial charge in [0.15, 0.2) is 5.78 Å². The van der Waals surface area contributed by atoms with Gasteiger partial charge in [0.2, 0.25) is 5.88 Å². The van der Waals surface area contributed by atoms with Gasteiger partial charge in [0.25, 0.3) is 0 Å². The van der Waals surface area contributed by atoms with E-state index in [-0.39, 0.29) is 29.3 Å². The van der Waals surface area contributed by atoms with Crippen LogP contribution < -0.4 is 5.73 Å². The summed E-state index contributed by atoms with van der Waals surface area (Å²) < 4.78 is 24.2. The van der Waals surface area contributed by atoms with Crippen LogP contribution in [0.5, 0.6) is 0 Å². The van der Waals surface area contributed by atoms with E-state index in [2.05, 4.69) is 0 Å². The van der Waals surface area contributed by atoms with Gasteiger partial charge < -0.3 is 15.2 Å². The number of rotatable bonds is 3. The monoisotopic (exact) mass is 359 g/mol. The van der Waals surface area contributed by atoms with E-state index in [1.165, 1.54) is 12.1 Å². The van der Waals surface area contributed by atoms with E-state index in [9.17, 15) is 14.0 Å². The minimum absolute atomic E-state index is 0.0676. The summed E-state index contributed by atoms with van der Waals surface area (Å²) in [6, 6.07) is 5.69. The summed E-state index contributed by atoms with van der Waals surface area (Å²) in [5.41, 5.74) is 6.88. The van der Waals surface area contributed by atoms with Crippen molar-refractivity contribution in [2.75, 3.05) is 6.61 Å². The van der Waals surface area contributed by atoms with Crippen LogP contribution in [0.4, 0.5) is 4.39 Å². The molecule has 6 heteroatoms. The van der Waals surface area contributed by atoms with Crippen molar-refractivity contribution in [3.8, 4) is 0 Å². The molecular formula is C20H22FNO4. The topological polar surface area (TPSA) is 78.6 Å². The highest BCUT2D eigenvalue weighted by atomic mass is 19.1. The van der Waals surface area contributed by atoms with Crippen molar-refractivity contribution in [2.45, 2.75) is 39.5 Å². The molecule has 1 unspecified atom stereocenters. The maximum absolute atomic E-state index is 13.4. The average molecular weight is 359 g/mol. The second-order valence-electron chi connectivity index (χ2n) is 7.36. The van der Waals surface area contributed by atoms with E-state index in [0.717, 1.165) is 0 Å². The van der Waals surface area contributed by atoms with Gasteiger partial charge in [0.05, 0.1) is 12.5 Å². The van der Waals surface area contributed by atoms with Crippen LogP contribution in [0.15, 0.2) is 47.1 Å². The fourth-order valence-electron chi connectivity index (χ4n) is 3.58.